The molecule has 0 spiro atoms. The number of unbranched alkanes of at least 4 members (excludes halogenated alkanes) is 6. The Morgan fingerprint density at radius 3 is 2.17 bits per heavy atom. The van der Waals surface area contributed by atoms with E-state index < -0.39 is 0 Å². The van der Waals surface area contributed by atoms with Crippen molar-refractivity contribution >= 4 is 48.9 Å². The number of hydrogen-bond donors (Lipinski definition) is 1. The summed E-state index contributed by atoms with van der Waals surface area (Å²) in [5, 5.41) is 9.76. The molecule has 0 amide bonds. The van der Waals surface area contributed by atoms with Crippen LogP contribution in [0.3, 0.4) is 0 Å². The van der Waals surface area contributed by atoms with Crippen LogP contribution in [0.25, 0.3) is 0 Å². The summed E-state index contributed by atoms with van der Waals surface area (Å²) >= 11 is 0. The Morgan fingerprint density at radius 2 is 1.56 bits per heavy atom. The van der Waals surface area contributed by atoms with E-state index in [9.17, 15) is 5.11 Å². The molecule has 1 nitrogen and oxygen atoms in total. The number of aryl methyl sites for hydroxylation is 1. The topological polar surface area (TPSA) is 20.2 Å². The number of aromatic hydroxyl groups is 1. The van der Waals surface area contributed by atoms with Crippen molar-refractivity contribution in [1.29, 1.82) is 0 Å². The summed E-state index contributed by atoms with van der Waals surface area (Å²) in [7, 11) is 0. The molecule has 1 rings (SSSR count). The van der Waals surface area contributed by atoms with Gasteiger partial charge in [-0.1, -0.05) is 57.6 Å². The van der Waals surface area contributed by atoms with Crippen LogP contribution in [-0.2, 0) is 6.42 Å². The quantitative estimate of drug-likeness (QED) is 0.538. The van der Waals surface area contributed by atoms with Crippen LogP contribution in [-0.4, -0.2) is 54.0 Å². The van der Waals surface area contributed by atoms with Crippen molar-refractivity contribution < 1.29 is 5.11 Å². The SMILES string of the molecule is CCCCCCCCCc1c(C)cccc1O.[BaH2]. The summed E-state index contributed by atoms with van der Waals surface area (Å²) < 4.78 is 0. The van der Waals surface area contributed by atoms with Gasteiger partial charge in [-0.05, 0) is 37.0 Å². The van der Waals surface area contributed by atoms with Gasteiger partial charge < -0.3 is 5.11 Å². The normalized spacial score (nSPS) is 10.1. The van der Waals surface area contributed by atoms with Gasteiger partial charge in [0, 0.05) is 0 Å². The minimum atomic E-state index is 0. The van der Waals surface area contributed by atoms with Gasteiger partial charge in [0.15, 0.2) is 0 Å². The molecule has 0 heterocycles. The van der Waals surface area contributed by atoms with E-state index in [1.165, 1.54) is 50.5 Å². The van der Waals surface area contributed by atoms with Crippen molar-refractivity contribution in [3.8, 4) is 5.75 Å². The van der Waals surface area contributed by atoms with Crippen LogP contribution in [0.2, 0.25) is 0 Å². The Bertz CT molecular complexity index is 303. The van der Waals surface area contributed by atoms with E-state index in [0.717, 1.165) is 12.0 Å². The zero-order valence-corrected chi connectivity index (χ0v) is 11.3. The van der Waals surface area contributed by atoms with Crippen molar-refractivity contribution in [3.63, 3.8) is 0 Å². The van der Waals surface area contributed by atoms with Crippen molar-refractivity contribution in [3.05, 3.63) is 29.3 Å². The van der Waals surface area contributed by atoms with Crippen LogP contribution in [0.4, 0.5) is 0 Å². The maximum atomic E-state index is 9.76. The van der Waals surface area contributed by atoms with E-state index in [1.807, 2.05) is 6.07 Å². The predicted molar refractivity (Wildman–Crippen MR) is 83.1 cm³/mol. The molecule has 0 unspecified atom stereocenters. The third-order valence-corrected chi connectivity index (χ3v) is 3.42. The van der Waals surface area contributed by atoms with Crippen LogP contribution >= 0.6 is 0 Å². The monoisotopic (exact) mass is 374 g/mol. The van der Waals surface area contributed by atoms with E-state index in [2.05, 4.69) is 19.9 Å². The molecule has 100 valence electrons. The molecule has 2 heteroatoms. The van der Waals surface area contributed by atoms with Gasteiger partial charge in [-0.15, -0.1) is 0 Å². The fourth-order valence-corrected chi connectivity index (χ4v) is 2.27. The van der Waals surface area contributed by atoms with E-state index >= 15 is 0 Å². The first-order valence-electron chi connectivity index (χ1n) is 7.03. The molecule has 1 aromatic carbocycles. The van der Waals surface area contributed by atoms with E-state index in [1.54, 1.807) is 6.07 Å². The van der Waals surface area contributed by atoms with Crippen molar-refractivity contribution in [2.45, 2.75) is 65.2 Å². The summed E-state index contributed by atoms with van der Waals surface area (Å²) in [5.74, 6) is 0.469. The van der Waals surface area contributed by atoms with Gasteiger partial charge in [0.25, 0.3) is 0 Å². The minimum absolute atomic E-state index is 0. The van der Waals surface area contributed by atoms with Crippen LogP contribution in [0.5, 0.6) is 5.75 Å². The predicted octanol–water partition coefficient (Wildman–Crippen LogP) is 4.08. The van der Waals surface area contributed by atoms with E-state index in [-0.39, 0.29) is 48.9 Å². The molecule has 0 atom stereocenters. The van der Waals surface area contributed by atoms with Crippen LogP contribution in [0.15, 0.2) is 18.2 Å². The second-order valence-electron chi connectivity index (χ2n) is 4.94. The van der Waals surface area contributed by atoms with Crippen molar-refractivity contribution in [2.24, 2.45) is 0 Å². The third kappa shape index (κ3) is 7.25. The number of phenolic OH excluding ortho intramolecular Hbond substituents is 1. The van der Waals surface area contributed by atoms with Crippen LogP contribution in [0, 0.1) is 6.92 Å². The molecule has 0 aliphatic rings. The van der Waals surface area contributed by atoms with Gasteiger partial charge >= 0.3 is 48.9 Å². The van der Waals surface area contributed by atoms with Crippen LogP contribution < -0.4 is 0 Å². The first kappa shape index (κ1) is 18.6. The summed E-state index contributed by atoms with van der Waals surface area (Å²) in [6.45, 7) is 4.33. The third-order valence-electron chi connectivity index (χ3n) is 3.42. The second kappa shape index (κ2) is 11.4. The second-order valence-corrected chi connectivity index (χ2v) is 4.94. The maximum absolute atomic E-state index is 9.76. The van der Waals surface area contributed by atoms with Gasteiger partial charge in [-0.3, -0.25) is 0 Å². The van der Waals surface area contributed by atoms with E-state index in [4.69, 9.17) is 0 Å². The molecular weight excluding hydrogens is 346 g/mol. The number of benzene rings is 1. The number of rotatable bonds is 8. The van der Waals surface area contributed by atoms with Gasteiger partial charge in [-0.25, -0.2) is 0 Å². The molecule has 0 aromatic heterocycles. The molecule has 0 saturated heterocycles. The molecule has 0 bridgehead atoms. The summed E-state index contributed by atoms with van der Waals surface area (Å²) in [5.41, 5.74) is 2.36. The Kier molecular flexibility index (Phi) is 11.8. The van der Waals surface area contributed by atoms with Crippen molar-refractivity contribution in [1.82, 2.24) is 0 Å². The first-order chi connectivity index (χ1) is 8.25. The Morgan fingerprint density at radius 1 is 0.944 bits per heavy atom. The summed E-state index contributed by atoms with van der Waals surface area (Å²) in [4.78, 5) is 0. The van der Waals surface area contributed by atoms with Gasteiger partial charge in [-0.2, -0.15) is 0 Å². The van der Waals surface area contributed by atoms with Gasteiger partial charge in [0.1, 0.15) is 5.75 Å². The molecule has 0 saturated carbocycles. The molecular formula is C16H28BaO. The van der Waals surface area contributed by atoms with Crippen LogP contribution in [0.1, 0.15) is 63.0 Å². The average molecular weight is 374 g/mol. The Balaban J connectivity index is 0.00000289. The summed E-state index contributed by atoms with van der Waals surface area (Å²) in [6, 6.07) is 5.79. The fourth-order valence-electron chi connectivity index (χ4n) is 2.27. The van der Waals surface area contributed by atoms with Gasteiger partial charge in [0.05, 0.1) is 0 Å². The van der Waals surface area contributed by atoms with Crippen molar-refractivity contribution in [2.75, 3.05) is 0 Å². The molecule has 0 radical (unpaired) electrons. The van der Waals surface area contributed by atoms with Gasteiger partial charge in [0.2, 0.25) is 0 Å². The van der Waals surface area contributed by atoms with E-state index in [0.29, 0.717) is 5.75 Å². The molecule has 0 aliphatic carbocycles. The first-order valence-corrected chi connectivity index (χ1v) is 7.03. The average Bonchev–Trinajstić information content (AvgIpc) is 2.31. The molecule has 1 aromatic rings. The summed E-state index contributed by atoms with van der Waals surface area (Å²) in [6.07, 6.45) is 10.3. The Labute approximate surface area is 152 Å². The molecule has 1 N–H and O–H groups in total. The molecule has 18 heavy (non-hydrogen) atoms. The molecule has 0 fully saturated rings. The standard InChI is InChI=1S/C16H26O.Ba.2H/c1-3-4-5-6-7-8-9-12-15-14(2)11-10-13-16(15)17;;;/h10-11,13,17H,3-9,12H2,1-2H3;;;. The zero-order valence-electron chi connectivity index (χ0n) is 11.3. The number of phenols is 1. The zero-order chi connectivity index (χ0) is 12.5. The molecule has 0 aliphatic heterocycles. The fraction of sp³-hybridized carbons (Fsp3) is 0.625. The number of hydrogen-bond acceptors (Lipinski definition) is 1. The Hall–Kier alpha value is 0.591.